The molecule has 0 amide bonds. The van der Waals surface area contributed by atoms with Gasteiger partial charge in [0.15, 0.2) is 11.6 Å². The van der Waals surface area contributed by atoms with Crippen LogP contribution in [0.4, 0.5) is 14.5 Å². The lowest BCUT2D eigenvalue weighted by Gasteiger charge is -2.01. The molecule has 0 spiro atoms. The van der Waals surface area contributed by atoms with Crippen molar-refractivity contribution in [2.45, 2.75) is 0 Å². The summed E-state index contributed by atoms with van der Waals surface area (Å²) in [6.07, 6.45) is 0. The zero-order valence-electron chi connectivity index (χ0n) is 10.3. The first-order valence-corrected chi connectivity index (χ1v) is 6.79. The minimum atomic E-state index is -0.884. The van der Waals surface area contributed by atoms with Gasteiger partial charge in [0.2, 0.25) is 0 Å². The molecular formula is C15H10F2N2S. The largest absolute Gasteiger partial charge is 0.398 e. The Hall–Kier alpha value is -2.27. The van der Waals surface area contributed by atoms with E-state index in [1.165, 1.54) is 23.5 Å². The number of para-hydroxylation sites is 1. The molecule has 5 heteroatoms. The Morgan fingerprint density at radius 2 is 1.70 bits per heavy atom. The van der Waals surface area contributed by atoms with Crippen molar-refractivity contribution < 1.29 is 8.78 Å². The number of anilines is 1. The maximum absolute atomic E-state index is 13.7. The van der Waals surface area contributed by atoms with Crippen molar-refractivity contribution in [2.24, 2.45) is 0 Å². The van der Waals surface area contributed by atoms with Crippen LogP contribution in [0, 0.1) is 11.6 Å². The van der Waals surface area contributed by atoms with Crippen LogP contribution in [0.25, 0.3) is 21.8 Å². The van der Waals surface area contributed by atoms with Crippen LogP contribution in [-0.2, 0) is 0 Å². The first kappa shape index (κ1) is 12.7. The molecule has 2 aromatic carbocycles. The second-order valence-corrected chi connectivity index (χ2v) is 5.08. The molecular weight excluding hydrogens is 278 g/mol. The van der Waals surface area contributed by atoms with Gasteiger partial charge in [-0.1, -0.05) is 18.2 Å². The van der Waals surface area contributed by atoms with Crippen LogP contribution < -0.4 is 5.73 Å². The van der Waals surface area contributed by atoms with Crippen LogP contribution in [-0.4, -0.2) is 4.98 Å². The van der Waals surface area contributed by atoms with E-state index >= 15 is 0 Å². The van der Waals surface area contributed by atoms with Gasteiger partial charge in [-0.25, -0.2) is 13.8 Å². The molecule has 0 unspecified atom stereocenters. The zero-order valence-corrected chi connectivity index (χ0v) is 11.1. The number of hydrogen-bond donors (Lipinski definition) is 1. The van der Waals surface area contributed by atoms with Crippen LogP contribution in [0.2, 0.25) is 0 Å². The summed E-state index contributed by atoms with van der Waals surface area (Å²) in [5.74, 6) is -1.76. The van der Waals surface area contributed by atoms with Crippen LogP contribution >= 0.6 is 11.3 Å². The predicted octanol–water partition coefficient (Wildman–Crippen LogP) is 4.34. The molecule has 2 N–H and O–H groups in total. The lowest BCUT2D eigenvalue weighted by molar-refractivity contribution is 0.511. The molecule has 20 heavy (non-hydrogen) atoms. The van der Waals surface area contributed by atoms with Crippen LogP contribution in [0.5, 0.6) is 0 Å². The second-order valence-electron chi connectivity index (χ2n) is 4.23. The lowest BCUT2D eigenvalue weighted by Crippen LogP contribution is -1.90. The number of nitrogens with two attached hydrogens (primary N) is 1. The summed E-state index contributed by atoms with van der Waals surface area (Å²) >= 11 is 1.35. The van der Waals surface area contributed by atoms with Crippen LogP contribution in [0.3, 0.4) is 0 Å². The Bertz CT molecular complexity index is 768. The fraction of sp³-hybridized carbons (Fsp3) is 0. The first-order valence-electron chi connectivity index (χ1n) is 5.91. The van der Waals surface area contributed by atoms with Crippen molar-refractivity contribution in [3.8, 4) is 21.8 Å². The van der Waals surface area contributed by atoms with Gasteiger partial charge in [0, 0.05) is 22.2 Å². The van der Waals surface area contributed by atoms with Crippen LogP contribution in [0.1, 0.15) is 0 Å². The Kier molecular flexibility index (Phi) is 3.20. The van der Waals surface area contributed by atoms with E-state index in [-0.39, 0.29) is 5.56 Å². The molecule has 1 aromatic heterocycles. The number of hydrogen-bond acceptors (Lipinski definition) is 3. The summed E-state index contributed by atoms with van der Waals surface area (Å²) in [4.78, 5) is 4.35. The maximum Gasteiger partial charge on any atom is 0.168 e. The molecule has 0 atom stereocenters. The van der Waals surface area contributed by atoms with Crippen molar-refractivity contribution in [2.75, 3.05) is 5.73 Å². The first-order chi connectivity index (χ1) is 9.66. The van der Waals surface area contributed by atoms with E-state index in [9.17, 15) is 8.78 Å². The lowest BCUT2D eigenvalue weighted by atomic mass is 10.1. The Labute approximate surface area is 118 Å². The monoisotopic (exact) mass is 288 g/mol. The normalized spacial score (nSPS) is 10.7. The van der Waals surface area contributed by atoms with E-state index < -0.39 is 11.6 Å². The van der Waals surface area contributed by atoms with Gasteiger partial charge in [0.1, 0.15) is 5.01 Å². The smallest absolute Gasteiger partial charge is 0.168 e. The zero-order chi connectivity index (χ0) is 14.1. The summed E-state index contributed by atoms with van der Waals surface area (Å²) in [5.41, 5.74) is 7.85. The molecule has 3 aromatic rings. The second kappa shape index (κ2) is 5.02. The summed E-state index contributed by atoms with van der Waals surface area (Å²) in [6.45, 7) is 0. The third-order valence-electron chi connectivity index (χ3n) is 2.92. The number of rotatable bonds is 2. The van der Waals surface area contributed by atoms with Crippen LogP contribution in [0.15, 0.2) is 47.8 Å². The average molecular weight is 288 g/mol. The quantitative estimate of drug-likeness (QED) is 0.712. The molecule has 0 fully saturated rings. The summed E-state index contributed by atoms with van der Waals surface area (Å²) in [5, 5.41) is 2.38. The molecule has 1 heterocycles. The molecule has 0 aliphatic rings. The molecule has 0 saturated carbocycles. The third kappa shape index (κ3) is 2.16. The van der Waals surface area contributed by atoms with Gasteiger partial charge in [-0.3, -0.25) is 0 Å². The molecule has 0 saturated heterocycles. The highest BCUT2D eigenvalue weighted by Crippen LogP contribution is 2.33. The van der Waals surface area contributed by atoms with Crippen molar-refractivity contribution in [3.05, 3.63) is 59.5 Å². The van der Waals surface area contributed by atoms with Gasteiger partial charge in [-0.05, 0) is 24.3 Å². The summed E-state index contributed by atoms with van der Waals surface area (Å²) < 4.78 is 27.0. The number of nitrogens with zero attached hydrogens (tertiary/aromatic N) is 1. The SMILES string of the molecule is Nc1ccccc1-c1nc(-c2cccc(F)c2F)cs1. The molecule has 0 radical (unpaired) electrons. The highest BCUT2D eigenvalue weighted by atomic mass is 32.1. The maximum atomic E-state index is 13.7. The van der Waals surface area contributed by atoms with Crippen molar-refractivity contribution >= 4 is 17.0 Å². The summed E-state index contributed by atoms with van der Waals surface area (Å²) in [7, 11) is 0. The standard InChI is InChI=1S/C15H10F2N2S/c16-11-6-3-5-10(14(11)17)13-8-20-15(19-13)9-4-1-2-7-12(9)18/h1-8H,18H2. The van der Waals surface area contributed by atoms with Gasteiger partial charge in [-0.2, -0.15) is 0 Å². The van der Waals surface area contributed by atoms with Crippen molar-refractivity contribution in [1.82, 2.24) is 4.98 Å². The number of benzene rings is 2. The van der Waals surface area contributed by atoms with Gasteiger partial charge >= 0.3 is 0 Å². The van der Waals surface area contributed by atoms with E-state index in [0.29, 0.717) is 16.4 Å². The average Bonchev–Trinajstić information content (AvgIpc) is 2.92. The Morgan fingerprint density at radius 1 is 0.950 bits per heavy atom. The van der Waals surface area contributed by atoms with E-state index in [4.69, 9.17) is 5.73 Å². The number of thiazole rings is 1. The van der Waals surface area contributed by atoms with E-state index in [1.54, 1.807) is 11.4 Å². The molecule has 0 aliphatic heterocycles. The molecule has 0 bridgehead atoms. The highest BCUT2D eigenvalue weighted by Gasteiger charge is 2.14. The molecule has 0 aliphatic carbocycles. The minimum Gasteiger partial charge on any atom is -0.398 e. The van der Waals surface area contributed by atoms with Gasteiger partial charge < -0.3 is 5.73 Å². The van der Waals surface area contributed by atoms with E-state index in [1.807, 2.05) is 18.2 Å². The fourth-order valence-electron chi connectivity index (χ4n) is 1.91. The van der Waals surface area contributed by atoms with E-state index in [2.05, 4.69) is 4.98 Å². The van der Waals surface area contributed by atoms with Gasteiger partial charge in [0.25, 0.3) is 0 Å². The fourth-order valence-corrected chi connectivity index (χ4v) is 2.78. The molecule has 3 rings (SSSR count). The highest BCUT2D eigenvalue weighted by molar-refractivity contribution is 7.13. The minimum absolute atomic E-state index is 0.155. The molecule has 2 nitrogen and oxygen atoms in total. The van der Waals surface area contributed by atoms with Gasteiger partial charge in [0.05, 0.1) is 5.69 Å². The third-order valence-corrected chi connectivity index (χ3v) is 3.80. The van der Waals surface area contributed by atoms with Gasteiger partial charge in [-0.15, -0.1) is 11.3 Å². The van der Waals surface area contributed by atoms with E-state index in [0.717, 1.165) is 11.6 Å². The number of halogens is 2. The van der Waals surface area contributed by atoms with Crippen molar-refractivity contribution in [3.63, 3.8) is 0 Å². The Morgan fingerprint density at radius 3 is 2.50 bits per heavy atom. The predicted molar refractivity (Wildman–Crippen MR) is 77.3 cm³/mol. The topological polar surface area (TPSA) is 38.9 Å². The Balaban J connectivity index is 2.07. The number of nitrogen functional groups attached to an aromatic ring is 1. The molecule has 100 valence electrons. The number of aromatic nitrogens is 1. The van der Waals surface area contributed by atoms with Crippen molar-refractivity contribution in [1.29, 1.82) is 0 Å². The summed E-state index contributed by atoms with van der Waals surface area (Å²) in [6, 6.07) is 11.4.